The summed E-state index contributed by atoms with van der Waals surface area (Å²) in [5.41, 5.74) is -2.48. The largest absolute Gasteiger partial charge is 0.598 e. The van der Waals surface area contributed by atoms with Crippen molar-refractivity contribution >= 4 is 26.9 Å². The standard InChI is InChI=1S/C20H28FN3O5S2/c1-18(2,3)30(27)23-19(4,16-12-15(24(25)26)8-9-17(16)21)14-31(28,29)20(13-22)10-6-5-7-11-20/h8-9,12,23H,5-7,10-11,14H2,1-4H3/t19-,30+/m0/s1. The Balaban J connectivity index is 2.62. The molecule has 1 aromatic carbocycles. The van der Waals surface area contributed by atoms with E-state index in [1.807, 2.05) is 6.07 Å². The zero-order valence-corrected chi connectivity index (χ0v) is 19.7. The van der Waals surface area contributed by atoms with Crippen LogP contribution in [0.1, 0.15) is 65.4 Å². The van der Waals surface area contributed by atoms with Crippen LogP contribution in [-0.2, 0) is 26.7 Å². The zero-order chi connectivity index (χ0) is 23.7. The van der Waals surface area contributed by atoms with Crippen LogP contribution in [0.3, 0.4) is 0 Å². The van der Waals surface area contributed by atoms with Crippen LogP contribution in [0, 0.1) is 27.3 Å². The summed E-state index contributed by atoms with van der Waals surface area (Å²) in [6.45, 7) is 6.33. The second-order valence-corrected chi connectivity index (χ2v) is 13.4. The Morgan fingerprint density at radius 2 is 1.84 bits per heavy atom. The van der Waals surface area contributed by atoms with Gasteiger partial charge in [-0.1, -0.05) is 19.3 Å². The Bertz CT molecular complexity index is 982. The summed E-state index contributed by atoms with van der Waals surface area (Å²) in [7, 11) is -4.14. The highest BCUT2D eigenvalue weighted by atomic mass is 32.2. The zero-order valence-electron chi connectivity index (χ0n) is 18.1. The summed E-state index contributed by atoms with van der Waals surface area (Å²) in [6, 6.07) is 4.79. The van der Waals surface area contributed by atoms with Gasteiger partial charge in [-0.2, -0.15) is 5.26 Å². The lowest BCUT2D eigenvalue weighted by Gasteiger charge is -2.38. The van der Waals surface area contributed by atoms with Crippen LogP contribution >= 0.6 is 0 Å². The molecule has 2 atom stereocenters. The van der Waals surface area contributed by atoms with Crippen LogP contribution in [0.4, 0.5) is 10.1 Å². The predicted octanol–water partition coefficient (Wildman–Crippen LogP) is 3.64. The molecule has 0 bridgehead atoms. The molecule has 0 aromatic heterocycles. The van der Waals surface area contributed by atoms with Crippen LogP contribution in [0.5, 0.6) is 0 Å². The second-order valence-electron chi connectivity index (χ2n) is 9.16. The normalized spacial score (nSPS) is 19.8. The molecule has 1 fully saturated rings. The number of hydrogen-bond donors (Lipinski definition) is 1. The number of nitrogens with zero attached hydrogens (tertiary/aromatic N) is 2. The lowest BCUT2D eigenvalue weighted by Crippen LogP contribution is -2.56. The monoisotopic (exact) mass is 473 g/mol. The van der Waals surface area contributed by atoms with Gasteiger partial charge in [0.1, 0.15) is 16.1 Å². The molecule has 172 valence electrons. The maximum absolute atomic E-state index is 14.8. The van der Waals surface area contributed by atoms with Gasteiger partial charge in [-0.05, 0) is 46.6 Å². The van der Waals surface area contributed by atoms with Gasteiger partial charge in [-0.25, -0.2) is 12.8 Å². The molecule has 0 unspecified atom stereocenters. The fraction of sp³-hybridized carbons (Fsp3) is 0.650. The summed E-state index contributed by atoms with van der Waals surface area (Å²) >= 11 is -1.82. The van der Waals surface area contributed by atoms with Gasteiger partial charge >= 0.3 is 0 Å². The van der Waals surface area contributed by atoms with Crippen LogP contribution in [0.2, 0.25) is 0 Å². The summed E-state index contributed by atoms with van der Waals surface area (Å²) in [6.07, 6.45) is 2.32. The van der Waals surface area contributed by atoms with Crippen LogP contribution in [-0.4, -0.2) is 33.1 Å². The van der Waals surface area contributed by atoms with Gasteiger partial charge in [0.25, 0.3) is 5.69 Å². The lowest BCUT2D eigenvalue weighted by molar-refractivity contribution is -0.385. The third-order valence-electron chi connectivity index (χ3n) is 5.57. The summed E-state index contributed by atoms with van der Waals surface area (Å²) in [5.74, 6) is -1.59. The lowest BCUT2D eigenvalue weighted by atomic mass is 9.89. The number of benzene rings is 1. The number of nitrogens with one attached hydrogen (secondary N) is 1. The summed E-state index contributed by atoms with van der Waals surface area (Å²) in [4.78, 5) is 10.5. The van der Waals surface area contributed by atoms with Gasteiger partial charge in [0.05, 0.1) is 16.7 Å². The first-order valence-corrected chi connectivity index (χ1v) is 12.8. The van der Waals surface area contributed by atoms with Gasteiger partial charge in [0, 0.05) is 29.1 Å². The topological polar surface area (TPSA) is 136 Å². The fourth-order valence-corrected chi connectivity index (χ4v) is 7.01. The SMILES string of the molecule is CC(C)(C)[S@@+]([O-])N[C@@](C)(CS(=O)(=O)C1(C#N)CCCCC1)c1cc([N+](=O)[O-])ccc1F. The summed E-state index contributed by atoms with van der Waals surface area (Å²) < 4.78 is 54.9. The number of sulfone groups is 1. The molecule has 1 aliphatic rings. The van der Waals surface area contributed by atoms with Crippen LogP contribution in [0.15, 0.2) is 18.2 Å². The molecule has 8 nitrogen and oxygen atoms in total. The number of halogens is 1. The van der Waals surface area contributed by atoms with E-state index >= 15 is 0 Å². The minimum absolute atomic E-state index is 0.168. The molecule has 31 heavy (non-hydrogen) atoms. The van der Waals surface area contributed by atoms with Gasteiger partial charge < -0.3 is 4.55 Å². The predicted molar refractivity (Wildman–Crippen MR) is 117 cm³/mol. The van der Waals surface area contributed by atoms with Crippen LogP contribution < -0.4 is 4.72 Å². The number of non-ortho nitro benzene ring substituents is 1. The highest BCUT2D eigenvalue weighted by Crippen LogP contribution is 2.39. The molecular formula is C20H28FN3O5S2. The maximum atomic E-state index is 14.8. The number of nitro benzene ring substituents is 1. The maximum Gasteiger partial charge on any atom is 0.269 e. The molecule has 11 heteroatoms. The molecule has 0 amide bonds. The molecule has 0 spiro atoms. The molecule has 0 radical (unpaired) electrons. The minimum atomic E-state index is -4.14. The highest BCUT2D eigenvalue weighted by Gasteiger charge is 2.51. The first-order chi connectivity index (χ1) is 14.2. The molecule has 1 aliphatic carbocycles. The van der Waals surface area contributed by atoms with Crippen molar-refractivity contribution in [1.29, 1.82) is 5.26 Å². The summed E-state index contributed by atoms with van der Waals surface area (Å²) in [5, 5.41) is 21.0. The van der Waals surface area contributed by atoms with E-state index in [9.17, 15) is 32.7 Å². The molecule has 1 aromatic rings. The first kappa shape index (κ1) is 25.5. The van der Waals surface area contributed by atoms with E-state index in [0.717, 1.165) is 24.6 Å². The average molecular weight is 474 g/mol. The van der Waals surface area contributed by atoms with Gasteiger partial charge in [-0.3, -0.25) is 10.1 Å². The Kier molecular flexibility index (Phi) is 7.42. The number of hydrogen-bond acceptors (Lipinski definition) is 7. The molecular weight excluding hydrogens is 445 g/mol. The Labute approximate surface area is 185 Å². The van der Waals surface area contributed by atoms with E-state index in [1.54, 1.807) is 20.8 Å². The molecule has 0 aliphatic heterocycles. The quantitative estimate of drug-likeness (QED) is 0.363. The number of nitro groups is 1. The van der Waals surface area contributed by atoms with Gasteiger partial charge in [0.15, 0.2) is 14.6 Å². The molecule has 0 heterocycles. The van der Waals surface area contributed by atoms with Gasteiger partial charge in [-0.15, -0.1) is 4.72 Å². The minimum Gasteiger partial charge on any atom is -0.598 e. The molecule has 1 saturated carbocycles. The van der Waals surface area contributed by atoms with Crippen molar-refractivity contribution < 1.29 is 22.3 Å². The van der Waals surface area contributed by atoms with Crippen molar-refractivity contribution in [1.82, 2.24) is 4.72 Å². The van der Waals surface area contributed by atoms with Crippen molar-refractivity contribution in [2.75, 3.05) is 5.75 Å². The number of rotatable bonds is 7. The van der Waals surface area contributed by atoms with E-state index in [2.05, 4.69) is 4.72 Å². The number of nitriles is 1. The third kappa shape index (κ3) is 5.37. The van der Waals surface area contributed by atoms with Crippen LogP contribution in [0.25, 0.3) is 0 Å². The Morgan fingerprint density at radius 1 is 1.26 bits per heavy atom. The van der Waals surface area contributed by atoms with E-state index in [-0.39, 0.29) is 18.4 Å². The average Bonchev–Trinajstić information content (AvgIpc) is 2.67. The van der Waals surface area contributed by atoms with Crippen molar-refractivity contribution in [3.63, 3.8) is 0 Å². The van der Waals surface area contributed by atoms with Crippen molar-refractivity contribution in [2.24, 2.45) is 0 Å². The highest BCUT2D eigenvalue weighted by molar-refractivity contribution is 7.93. The molecule has 2 rings (SSSR count). The van der Waals surface area contributed by atoms with Crippen molar-refractivity contribution in [3.8, 4) is 6.07 Å². The smallest absolute Gasteiger partial charge is 0.269 e. The van der Waals surface area contributed by atoms with E-state index < -0.39 is 58.4 Å². The Morgan fingerprint density at radius 3 is 2.32 bits per heavy atom. The second kappa shape index (κ2) is 9.02. The molecule has 1 N–H and O–H groups in total. The van der Waals surface area contributed by atoms with E-state index in [1.165, 1.54) is 6.92 Å². The first-order valence-electron chi connectivity index (χ1n) is 9.95. The van der Waals surface area contributed by atoms with Crippen molar-refractivity contribution in [3.05, 3.63) is 39.7 Å². The van der Waals surface area contributed by atoms with Crippen molar-refractivity contribution in [2.45, 2.75) is 74.8 Å². The van der Waals surface area contributed by atoms with E-state index in [0.29, 0.717) is 12.8 Å². The Hall–Kier alpha value is -1.74. The third-order valence-corrected chi connectivity index (χ3v) is 9.96. The molecule has 0 saturated heterocycles. The fourth-order valence-electron chi connectivity index (χ4n) is 3.70. The van der Waals surface area contributed by atoms with E-state index in [4.69, 9.17) is 0 Å². The van der Waals surface area contributed by atoms with Gasteiger partial charge in [0.2, 0.25) is 0 Å².